The van der Waals surface area contributed by atoms with E-state index >= 15 is 0 Å². The van der Waals surface area contributed by atoms with Crippen LogP contribution in [0.5, 0.6) is 5.75 Å². The summed E-state index contributed by atoms with van der Waals surface area (Å²) in [4.78, 5) is 23.2. The van der Waals surface area contributed by atoms with Crippen molar-refractivity contribution in [3.8, 4) is 5.75 Å². The molecule has 1 aliphatic carbocycles. The van der Waals surface area contributed by atoms with E-state index in [1.54, 1.807) is 24.4 Å². The number of phenolic OH excluding ortho intramolecular Hbond substituents is 1. The number of hydrogen-bond donors (Lipinski definition) is 1. The van der Waals surface area contributed by atoms with Gasteiger partial charge in [-0.15, -0.1) is 0 Å². The summed E-state index contributed by atoms with van der Waals surface area (Å²) in [7, 11) is 0. The van der Waals surface area contributed by atoms with Crippen LogP contribution in [0.2, 0.25) is 0 Å². The van der Waals surface area contributed by atoms with Gasteiger partial charge in [0.25, 0.3) is 5.91 Å². The van der Waals surface area contributed by atoms with Crippen LogP contribution in [0.4, 0.5) is 0 Å². The highest BCUT2D eigenvalue weighted by Gasteiger charge is 2.34. The lowest BCUT2D eigenvalue weighted by Gasteiger charge is -2.23. The molecule has 0 saturated heterocycles. The average molecular weight is 311 g/mol. The lowest BCUT2D eigenvalue weighted by molar-refractivity contribution is 0.0727. The molecule has 23 heavy (non-hydrogen) atoms. The Hall–Kier alpha value is -2.43. The molecule has 5 nitrogen and oxygen atoms in total. The van der Waals surface area contributed by atoms with Gasteiger partial charge in [0.2, 0.25) is 0 Å². The molecule has 1 heterocycles. The maximum Gasteiger partial charge on any atom is 0.257 e. The molecule has 1 N–H and O–H groups in total. The van der Waals surface area contributed by atoms with Gasteiger partial charge in [0, 0.05) is 18.8 Å². The third kappa shape index (κ3) is 3.67. The van der Waals surface area contributed by atoms with Gasteiger partial charge in [0.05, 0.1) is 11.3 Å². The molecule has 1 aromatic carbocycles. The highest BCUT2D eigenvalue weighted by Crippen LogP contribution is 2.30. The van der Waals surface area contributed by atoms with E-state index in [-0.39, 0.29) is 17.7 Å². The van der Waals surface area contributed by atoms with Crippen LogP contribution in [0.15, 0.2) is 36.8 Å². The van der Waals surface area contributed by atoms with Gasteiger partial charge in [-0.05, 0) is 37.0 Å². The van der Waals surface area contributed by atoms with Crippen molar-refractivity contribution in [2.24, 2.45) is 0 Å². The van der Waals surface area contributed by atoms with Gasteiger partial charge in [-0.2, -0.15) is 0 Å². The van der Waals surface area contributed by atoms with Gasteiger partial charge in [0.15, 0.2) is 0 Å². The number of phenols is 1. The van der Waals surface area contributed by atoms with E-state index in [0.717, 1.165) is 36.9 Å². The summed E-state index contributed by atoms with van der Waals surface area (Å²) >= 11 is 0. The number of aromatic hydroxyl groups is 1. The number of rotatable bonds is 6. The first-order chi connectivity index (χ1) is 11.2. The Balaban J connectivity index is 1.85. The molecule has 0 bridgehead atoms. The molecule has 2 aromatic rings. The zero-order valence-electron chi connectivity index (χ0n) is 13.3. The number of carbonyl (C=O) groups is 1. The SMILES string of the molecule is CCCc1ncncc1C(=O)N(Cc1cccc(O)c1)C1CC1. The first-order valence-electron chi connectivity index (χ1n) is 8.06. The Morgan fingerprint density at radius 3 is 2.91 bits per heavy atom. The summed E-state index contributed by atoms with van der Waals surface area (Å²) in [5, 5.41) is 9.63. The first kappa shape index (κ1) is 15.5. The summed E-state index contributed by atoms with van der Waals surface area (Å²) in [5.74, 6) is 0.209. The van der Waals surface area contributed by atoms with E-state index in [2.05, 4.69) is 16.9 Å². The molecule has 0 atom stereocenters. The van der Waals surface area contributed by atoms with Crippen molar-refractivity contribution in [3.05, 3.63) is 53.6 Å². The molecule has 0 radical (unpaired) electrons. The minimum absolute atomic E-state index is 0.0140. The monoisotopic (exact) mass is 311 g/mol. The quantitative estimate of drug-likeness (QED) is 0.890. The summed E-state index contributed by atoms with van der Waals surface area (Å²) in [6.45, 7) is 2.57. The van der Waals surface area contributed by atoms with Crippen LogP contribution in [0, 0.1) is 0 Å². The van der Waals surface area contributed by atoms with Gasteiger partial charge in [-0.3, -0.25) is 4.79 Å². The molecular formula is C18H21N3O2. The molecule has 0 aliphatic heterocycles. The van der Waals surface area contributed by atoms with E-state index in [1.165, 1.54) is 6.33 Å². The minimum atomic E-state index is -0.0140. The third-order valence-corrected chi connectivity index (χ3v) is 4.02. The van der Waals surface area contributed by atoms with Crippen molar-refractivity contribution in [3.63, 3.8) is 0 Å². The smallest absolute Gasteiger partial charge is 0.257 e. The second kappa shape index (κ2) is 6.77. The van der Waals surface area contributed by atoms with Crippen LogP contribution in [0.25, 0.3) is 0 Å². The maximum atomic E-state index is 13.0. The summed E-state index contributed by atoms with van der Waals surface area (Å²) < 4.78 is 0. The number of aromatic nitrogens is 2. The molecule has 1 aliphatic rings. The van der Waals surface area contributed by atoms with Gasteiger partial charge in [-0.25, -0.2) is 9.97 Å². The molecule has 1 fully saturated rings. The molecule has 3 rings (SSSR count). The number of hydrogen-bond acceptors (Lipinski definition) is 4. The number of aryl methyl sites for hydroxylation is 1. The minimum Gasteiger partial charge on any atom is -0.508 e. The number of carbonyl (C=O) groups excluding carboxylic acids is 1. The molecular weight excluding hydrogens is 290 g/mol. The van der Waals surface area contributed by atoms with E-state index in [4.69, 9.17) is 0 Å². The van der Waals surface area contributed by atoms with Crippen LogP contribution in [0.3, 0.4) is 0 Å². The number of amides is 1. The lowest BCUT2D eigenvalue weighted by Crippen LogP contribution is -2.33. The standard InChI is InChI=1S/C18H21N3O2/c1-2-4-17-16(10-19-12-20-17)18(23)21(14-7-8-14)11-13-5-3-6-15(22)9-13/h3,5-6,9-10,12,14,22H,2,4,7-8,11H2,1H3. The fraction of sp³-hybridized carbons (Fsp3) is 0.389. The van der Waals surface area contributed by atoms with Crippen LogP contribution in [-0.4, -0.2) is 31.9 Å². The van der Waals surface area contributed by atoms with E-state index in [9.17, 15) is 9.90 Å². The van der Waals surface area contributed by atoms with Crippen molar-refractivity contribution in [2.45, 2.75) is 45.2 Å². The fourth-order valence-corrected chi connectivity index (χ4v) is 2.73. The van der Waals surface area contributed by atoms with Crippen LogP contribution in [-0.2, 0) is 13.0 Å². The Morgan fingerprint density at radius 1 is 1.39 bits per heavy atom. The summed E-state index contributed by atoms with van der Waals surface area (Å²) in [6, 6.07) is 7.35. The zero-order valence-corrected chi connectivity index (χ0v) is 13.3. The number of benzene rings is 1. The number of nitrogens with zero attached hydrogens (tertiary/aromatic N) is 3. The topological polar surface area (TPSA) is 66.3 Å². The zero-order chi connectivity index (χ0) is 16.2. The largest absolute Gasteiger partial charge is 0.508 e. The molecule has 5 heteroatoms. The summed E-state index contributed by atoms with van der Waals surface area (Å²) in [6.07, 6.45) is 6.89. The Kier molecular flexibility index (Phi) is 4.55. The van der Waals surface area contributed by atoms with Crippen molar-refractivity contribution >= 4 is 5.91 Å². The predicted molar refractivity (Wildman–Crippen MR) is 87.0 cm³/mol. The van der Waals surface area contributed by atoms with E-state index in [1.807, 2.05) is 11.0 Å². The Morgan fingerprint density at radius 2 is 2.22 bits per heavy atom. The summed E-state index contributed by atoms with van der Waals surface area (Å²) in [5.41, 5.74) is 2.34. The van der Waals surface area contributed by atoms with Crippen molar-refractivity contribution in [2.75, 3.05) is 0 Å². The molecule has 0 spiro atoms. The van der Waals surface area contributed by atoms with E-state index < -0.39 is 0 Å². The Bertz CT molecular complexity index is 698. The maximum absolute atomic E-state index is 13.0. The van der Waals surface area contributed by atoms with Gasteiger partial charge in [-0.1, -0.05) is 25.5 Å². The Labute approximate surface area is 136 Å². The van der Waals surface area contributed by atoms with Gasteiger partial charge < -0.3 is 10.0 Å². The molecule has 120 valence electrons. The van der Waals surface area contributed by atoms with Gasteiger partial charge in [0.1, 0.15) is 12.1 Å². The van der Waals surface area contributed by atoms with Crippen molar-refractivity contribution in [1.82, 2.24) is 14.9 Å². The van der Waals surface area contributed by atoms with E-state index in [0.29, 0.717) is 12.1 Å². The highest BCUT2D eigenvalue weighted by atomic mass is 16.3. The predicted octanol–water partition coefficient (Wildman–Crippen LogP) is 2.94. The second-order valence-corrected chi connectivity index (χ2v) is 5.97. The first-order valence-corrected chi connectivity index (χ1v) is 8.06. The molecule has 1 amide bonds. The van der Waals surface area contributed by atoms with Gasteiger partial charge >= 0.3 is 0 Å². The van der Waals surface area contributed by atoms with Crippen molar-refractivity contribution in [1.29, 1.82) is 0 Å². The highest BCUT2D eigenvalue weighted by molar-refractivity contribution is 5.95. The fourth-order valence-electron chi connectivity index (χ4n) is 2.73. The van der Waals surface area contributed by atoms with Crippen LogP contribution >= 0.6 is 0 Å². The normalized spacial score (nSPS) is 13.8. The molecule has 1 aromatic heterocycles. The second-order valence-electron chi connectivity index (χ2n) is 5.97. The van der Waals surface area contributed by atoms with Crippen LogP contribution in [0.1, 0.15) is 47.8 Å². The lowest BCUT2D eigenvalue weighted by atomic mass is 10.1. The van der Waals surface area contributed by atoms with Crippen molar-refractivity contribution < 1.29 is 9.90 Å². The average Bonchev–Trinajstić information content (AvgIpc) is 3.38. The molecule has 1 saturated carbocycles. The van der Waals surface area contributed by atoms with Crippen LogP contribution < -0.4 is 0 Å². The molecule has 0 unspecified atom stereocenters. The third-order valence-electron chi connectivity index (χ3n) is 4.02.